The zero-order valence-electron chi connectivity index (χ0n) is 19.0. The van der Waals surface area contributed by atoms with Crippen LogP contribution in [0.1, 0.15) is 65.9 Å². The molecule has 1 aromatic carbocycles. The van der Waals surface area contributed by atoms with Gasteiger partial charge in [0.1, 0.15) is 17.7 Å². The van der Waals surface area contributed by atoms with Gasteiger partial charge in [-0.2, -0.15) is 0 Å². The second-order valence-electron chi connectivity index (χ2n) is 9.03. The first-order valence-corrected chi connectivity index (χ1v) is 11.0. The van der Waals surface area contributed by atoms with Crippen molar-refractivity contribution in [2.45, 2.75) is 90.6 Å². The van der Waals surface area contributed by atoms with Crippen molar-refractivity contribution in [2.24, 2.45) is 5.92 Å². The molecule has 1 unspecified atom stereocenters. The van der Waals surface area contributed by atoms with Crippen LogP contribution in [0.25, 0.3) is 0 Å². The first-order valence-electron chi connectivity index (χ1n) is 11.0. The SMILES string of the molecule is CCCO[C@H]1CCCC(NC(=O)OC(C)(C)C)C(=O)O[C@@H](C)[C@@H]1Cc1ccccc1. The zero-order chi connectivity index (χ0) is 22.1. The highest BCUT2D eigenvalue weighted by Gasteiger charge is 2.35. The van der Waals surface area contributed by atoms with E-state index in [-0.39, 0.29) is 18.1 Å². The van der Waals surface area contributed by atoms with Gasteiger partial charge >= 0.3 is 12.1 Å². The van der Waals surface area contributed by atoms with Crippen LogP contribution in [0.3, 0.4) is 0 Å². The number of esters is 1. The van der Waals surface area contributed by atoms with Gasteiger partial charge in [0, 0.05) is 12.5 Å². The Morgan fingerprint density at radius 1 is 1.20 bits per heavy atom. The summed E-state index contributed by atoms with van der Waals surface area (Å²) in [5.74, 6) is -0.370. The Morgan fingerprint density at radius 3 is 2.53 bits per heavy atom. The minimum Gasteiger partial charge on any atom is -0.461 e. The first kappa shape index (κ1) is 24.2. The Hall–Kier alpha value is -2.08. The van der Waals surface area contributed by atoms with Crippen LogP contribution >= 0.6 is 0 Å². The summed E-state index contributed by atoms with van der Waals surface area (Å²) in [6.45, 7) is 10.1. The minimum absolute atomic E-state index is 0.00627. The van der Waals surface area contributed by atoms with Gasteiger partial charge in [-0.1, -0.05) is 37.3 Å². The number of hydrogen-bond donors (Lipinski definition) is 1. The van der Waals surface area contributed by atoms with Crippen molar-refractivity contribution < 1.29 is 23.8 Å². The molecule has 1 N–H and O–H groups in total. The molecule has 6 heteroatoms. The molecule has 1 fully saturated rings. The molecule has 1 amide bonds. The lowest BCUT2D eigenvalue weighted by molar-refractivity contribution is -0.155. The predicted molar refractivity (Wildman–Crippen MR) is 116 cm³/mol. The number of carbonyl (C=O) groups excluding carboxylic acids is 2. The minimum atomic E-state index is -0.718. The summed E-state index contributed by atoms with van der Waals surface area (Å²) in [6, 6.07) is 9.49. The summed E-state index contributed by atoms with van der Waals surface area (Å²) in [5, 5.41) is 2.69. The highest BCUT2D eigenvalue weighted by atomic mass is 16.6. The summed E-state index contributed by atoms with van der Waals surface area (Å²) in [7, 11) is 0. The van der Waals surface area contributed by atoms with Crippen molar-refractivity contribution in [1.29, 1.82) is 0 Å². The van der Waals surface area contributed by atoms with Crippen molar-refractivity contribution in [3.63, 3.8) is 0 Å². The van der Waals surface area contributed by atoms with Gasteiger partial charge in [-0.15, -0.1) is 0 Å². The van der Waals surface area contributed by atoms with E-state index >= 15 is 0 Å². The van der Waals surface area contributed by atoms with E-state index in [0.717, 1.165) is 25.7 Å². The van der Waals surface area contributed by atoms with E-state index in [1.165, 1.54) is 5.56 Å². The summed E-state index contributed by atoms with van der Waals surface area (Å²) >= 11 is 0. The molecule has 6 nitrogen and oxygen atoms in total. The molecule has 30 heavy (non-hydrogen) atoms. The molecule has 0 bridgehead atoms. The number of ether oxygens (including phenoxy) is 3. The van der Waals surface area contributed by atoms with Crippen LogP contribution < -0.4 is 5.32 Å². The van der Waals surface area contributed by atoms with Crippen molar-refractivity contribution in [3.8, 4) is 0 Å². The van der Waals surface area contributed by atoms with Gasteiger partial charge in [0.25, 0.3) is 0 Å². The smallest absolute Gasteiger partial charge is 0.408 e. The highest BCUT2D eigenvalue weighted by molar-refractivity contribution is 5.81. The van der Waals surface area contributed by atoms with E-state index < -0.39 is 23.7 Å². The summed E-state index contributed by atoms with van der Waals surface area (Å²) in [6.07, 6.45) is 2.83. The van der Waals surface area contributed by atoms with E-state index in [1.807, 2.05) is 25.1 Å². The monoisotopic (exact) mass is 419 g/mol. The number of hydrogen-bond acceptors (Lipinski definition) is 5. The topological polar surface area (TPSA) is 73.9 Å². The molecule has 1 aliphatic rings. The van der Waals surface area contributed by atoms with Crippen LogP contribution in [-0.2, 0) is 25.4 Å². The fourth-order valence-electron chi connectivity index (χ4n) is 3.75. The quantitative estimate of drug-likeness (QED) is 0.680. The Balaban J connectivity index is 2.14. The van der Waals surface area contributed by atoms with Crippen molar-refractivity contribution in [1.82, 2.24) is 5.32 Å². The van der Waals surface area contributed by atoms with Gasteiger partial charge in [-0.3, -0.25) is 0 Å². The first-order chi connectivity index (χ1) is 14.2. The Labute approximate surface area is 180 Å². The molecule has 168 valence electrons. The van der Waals surface area contributed by atoms with E-state index in [9.17, 15) is 9.59 Å². The van der Waals surface area contributed by atoms with Crippen LogP contribution in [0, 0.1) is 5.92 Å². The molecule has 0 spiro atoms. The average molecular weight is 420 g/mol. The molecule has 1 heterocycles. The van der Waals surface area contributed by atoms with Crippen LogP contribution in [0.2, 0.25) is 0 Å². The third kappa shape index (κ3) is 7.98. The molecule has 4 atom stereocenters. The standard InChI is InChI=1S/C24H37NO5/c1-6-15-28-21-14-10-13-20(25-23(27)30-24(3,4)5)22(26)29-17(2)19(21)16-18-11-8-7-9-12-18/h7-9,11-12,17,19-21H,6,10,13-16H2,1-5H3,(H,25,27)/t17-,19-,20?,21-/m0/s1. The fraction of sp³-hybridized carbons (Fsp3) is 0.667. The van der Waals surface area contributed by atoms with Crippen molar-refractivity contribution >= 4 is 12.1 Å². The number of nitrogens with one attached hydrogen (secondary N) is 1. The zero-order valence-corrected chi connectivity index (χ0v) is 19.0. The van der Waals surface area contributed by atoms with E-state index in [1.54, 1.807) is 20.8 Å². The predicted octanol–water partition coefficient (Wildman–Crippen LogP) is 4.65. The lowest BCUT2D eigenvalue weighted by Crippen LogP contribution is -2.45. The van der Waals surface area contributed by atoms with Crippen molar-refractivity contribution in [2.75, 3.05) is 6.61 Å². The maximum atomic E-state index is 12.8. The third-order valence-electron chi connectivity index (χ3n) is 5.19. The van der Waals surface area contributed by atoms with Crippen LogP contribution in [-0.4, -0.2) is 42.5 Å². The van der Waals surface area contributed by atoms with Crippen LogP contribution in [0.5, 0.6) is 0 Å². The number of alkyl carbamates (subject to hydrolysis) is 1. The lowest BCUT2D eigenvalue weighted by atomic mass is 9.87. The Morgan fingerprint density at radius 2 is 1.90 bits per heavy atom. The molecule has 2 rings (SSSR count). The van der Waals surface area contributed by atoms with Gasteiger partial charge in [0.15, 0.2) is 0 Å². The third-order valence-corrected chi connectivity index (χ3v) is 5.19. The normalized spacial score (nSPS) is 25.4. The molecule has 0 aliphatic carbocycles. The molecule has 0 aromatic heterocycles. The molecule has 1 aliphatic heterocycles. The van der Waals surface area contributed by atoms with Gasteiger partial charge in [0.2, 0.25) is 0 Å². The van der Waals surface area contributed by atoms with Gasteiger partial charge in [0.05, 0.1) is 6.10 Å². The van der Waals surface area contributed by atoms with Gasteiger partial charge < -0.3 is 19.5 Å². The maximum Gasteiger partial charge on any atom is 0.408 e. The van der Waals surface area contributed by atoms with Gasteiger partial charge in [-0.25, -0.2) is 9.59 Å². The second-order valence-corrected chi connectivity index (χ2v) is 9.03. The molecular formula is C24H37NO5. The lowest BCUT2D eigenvalue weighted by Gasteiger charge is -2.31. The number of rotatable bonds is 6. The van der Waals surface area contributed by atoms with Gasteiger partial charge in [-0.05, 0) is 65.4 Å². The Bertz CT molecular complexity index is 670. The number of amides is 1. The number of cyclic esters (lactones) is 1. The summed E-state index contributed by atoms with van der Waals surface area (Å²) in [4.78, 5) is 25.0. The molecule has 0 radical (unpaired) electrons. The van der Waals surface area contributed by atoms with E-state index in [4.69, 9.17) is 14.2 Å². The molecule has 1 aromatic rings. The highest BCUT2D eigenvalue weighted by Crippen LogP contribution is 2.27. The summed E-state index contributed by atoms with van der Waals surface area (Å²) in [5.41, 5.74) is 0.567. The van der Waals surface area contributed by atoms with E-state index in [0.29, 0.717) is 13.0 Å². The largest absolute Gasteiger partial charge is 0.461 e. The van der Waals surface area contributed by atoms with E-state index in [2.05, 4.69) is 24.4 Å². The maximum absolute atomic E-state index is 12.8. The summed E-state index contributed by atoms with van der Waals surface area (Å²) < 4.78 is 17.3. The fourth-order valence-corrected chi connectivity index (χ4v) is 3.75. The second kappa shape index (κ2) is 11.3. The Kier molecular flexibility index (Phi) is 9.15. The molecule has 1 saturated heterocycles. The van der Waals surface area contributed by atoms with Crippen molar-refractivity contribution in [3.05, 3.63) is 35.9 Å². The average Bonchev–Trinajstić information content (AvgIpc) is 2.71. The number of carbonyl (C=O) groups is 2. The van der Waals surface area contributed by atoms with Crippen LogP contribution in [0.4, 0.5) is 4.79 Å². The molecule has 0 saturated carbocycles. The molecular weight excluding hydrogens is 382 g/mol. The number of benzene rings is 1. The van der Waals surface area contributed by atoms with Crippen LogP contribution in [0.15, 0.2) is 30.3 Å².